The molecule has 2 fully saturated rings. The molecule has 292 valence electrons. The van der Waals surface area contributed by atoms with Crippen molar-refractivity contribution in [2.24, 2.45) is 7.05 Å². The molecular weight excluding hydrogens is 783 g/mol. The van der Waals surface area contributed by atoms with Crippen molar-refractivity contribution in [2.45, 2.75) is 49.1 Å². The first-order valence-electron chi connectivity index (χ1n) is 14.9. The maximum atomic E-state index is 12.6. The Bertz CT molecular complexity index is 2300. The van der Waals surface area contributed by atoms with Crippen LogP contribution in [0.5, 0.6) is 0 Å². The van der Waals surface area contributed by atoms with Crippen LogP contribution in [0.3, 0.4) is 0 Å². The molecule has 3 unspecified atom stereocenters. The van der Waals surface area contributed by atoms with Crippen molar-refractivity contribution in [2.75, 3.05) is 31.8 Å². The third kappa shape index (κ3) is 7.85. The van der Waals surface area contributed by atoms with E-state index in [0.29, 0.717) is 0 Å². The highest BCUT2D eigenvalue weighted by molar-refractivity contribution is 7.71. The number of hydrogen-bond donors (Lipinski definition) is 11. The molecule has 2 aliphatic rings. The number of aliphatic hydroxyl groups is 3. The van der Waals surface area contributed by atoms with Crippen molar-refractivity contribution in [1.82, 2.24) is 38.9 Å². The van der Waals surface area contributed by atoms with Gasteiger partial charge in [-0.15, -0.1) is 4.86 Å². The minimum Gasteiger partial charge on any atom is -0.387 e. The zero-order valence-corrected chi connectivity index (χ0v) is 29.7. The second kappa shape index (κ2) is 14.3. The molecule has 13 N–H and O–H groups in total. The van der Waals surface area contributed by atoms with Gasteiger partial charge in [-0.05, 0) is 0 Å². The predicted molar refractivity (Wildman–Crippen MR) is 171 cm³/mol. The Balaban J connectivity index is 1.06. The summed E-state index contributed by atoms with van der Waals surface area (Å²) in [6, 6.07) is 0. The van der Waals surface area contributed by atoms with E-state index in [2.05, 4.69) is 29.2 Å². The number of phosphoric acid groups is 1. The zero-order valence-electron chi connectivity index (χ0n) is 27.0. The first-order valence-corrected chi connectivity index (χ1v) is 19.5. The number of aromatic nitrogens is 8. The van der Waals surface area contributed by atoms with E-state index in [4.69, 9.17) is 34.7 Å². The van der Waals surface area contributed by atoms with Crippen molar-refractivity contribution in [1.29, 1.82) is 0 Å². The molecule has 0 amide bonds. The molecule has 2 aliphatic heterocycles. The van der Waals surface area contributed by atoms with Gasteiger partial charge in [-0.2, -0.15) is 9.29 Å². The molecule has 0 bridgehead atoms. The quantitative estimate of drug-likeness (QED) is 0.0449. The van der Waals surface area contributed by atoms with Crippen molar-refractivity contribution in [3.05, 3.63) is 33.4 Å². The van der Waals surface area contributed by atoms with Gasteiger partial charge < -0.3 is 55.7 Å². The second-order valence-corrected chi connectivity index (χ2v) is 16.6. The van der Waals surface area contributed by atoms with Gasteiger partial charge in [0.1, 0.15) is 36.6 Å². The summed E-state index contributed by atoms with van der Waals surface area (Å²) in [6.45, 7) is -1.99. The molecule has 4 aromatic heterocycles. The molecule has 4 aromatic rings. The fraction of sp³-hybridized carbons (Fsp3) is 0.545. The van der Waals surface area contributed by atoms with Gasteiger partial charge in [0.25, 0.3) is 17.1 Å². The van der Waals surface area contributed by atoms with Gasteiger partial charge in [-0.25, -0.2) is 23.2 Å². The third-order valence-corrected chi connectivity index (χ3v) is 12.7. The number of anilines is 2. The normalized spacial score (nSPS) is 29.7. The van der Waals surface area contributed by atoms with Crippen LogP contribution in [0.1, 0.15) is 12.5 Å². The maximum Gasteiger partial charge on any atom is 0.480 e. The lowest BCUT2D eigenvalue weighted by Gasteiger charge is -2.22. The number of aryl methyl sites for hydroxylation is 1. The Morgan fingerprint density at radius 3 is 2.28 bits per heavy atom. The van der Waals surface area contributed by atoms with E-state index >= 15 is 0 Å². The maximum absolute atomic E-state index is 12.6. The number of methoxy groups -OCH3 is 1. The van der Waals surface area contributed by atoms with Crippen molar-refractivity contribution < 1.29 is 75.8 Å². The number of phosphoric ester groups is 1. The summed E-state index contributed by atoms with van der Waals surface area (Å²) in [5, 5.41) is 31.8. The summed E-state index contributed by atoms with van der Waals surface area (Å²) >= 11 is 0. The topological polar surface area (TPSA) is 410 Å². The van der Waals surface area contributed by atoms with Crippen molar-refractivity contribution >= 4 is 57.5 Å². The Kier molecular flexibility index (Phi) is 10.6. The average Bonchev–Trinajstić information content (AvgIpc) is 3.77. The highest BCUT2D eigenvalue weighted by atomic mass is 31.3. The van der Waals surface area contributed by atoms with E-state index in [1.54, 1.807) is 0 Å². The van der Waals surface area contributed by atoms with E-state index in [1.807, 2.05) is 0 Å². The molecule has 11 atom stereocenters. The fourth-order valence-electron chi connectivity index (χ4n) is 5.73. The van der Waals surface area contributed by atoms with Crippen molar-refractivity contribution in [3.63, 3.8) is 0 Å². The van der Waals surface area contributed by atoms with Crippen LogP contribution in [0.25, 0.3) is 22.3 Å². The number of nitrogen functional groups attached to an aromatic ring is 2. The highest BCUT2D eigenvalue weighted by Crippen LogP contribution is 2.62. The highest BCUT2D eigenvalue weighted by Gasteiger charge is 2.50. The number of nitrogens with two attached hydrogens (primary N) is 2. The van der Waals surface area contributed by atoms with Gasteiger partial charge in [0.05, 0.1) is 26.6 Å². The molecule has 2 saturated heterocycles. The number of aromatic amines is 2. The van der Waals surface area contributed by atoms with Crippen LogP contribution in [0, 0.1) is 0 Å². The summed E-state index contributed by atoms with van der Waals surface area (Å²) in [7, 11) is -14.0. The van der Waals surface area contributed by atoms with E-state index in [0.717, 1.165) is 15.8 Å². The molecule has 0 spiro atoms. The minimum absolute atomic E-state index is 0.0335. The molecule has 6 rings (SSSR count). The Labute approximate surface area is 293 Å². The Morgan fingerprint density at radius 2 is 1.58 bits per heavy atom. The number of aliphatic hydroxyl groups excluding tert-OH is 3. The lowest BCUT2D eigenvalue weighted by atomic mass is 10.1. The van der Waals surface area contributed by atoms with E-state index in [-0.39, 0.29) is 34.2 Å². The first-order chi connectivity index (χ1) is 24.7. The van der Waals surface area contributed by atoms with Crippen LogP contribution in [-0.2, 0) is 48.3 Å². The minimum atomic E-state index is -5.73. The third-order valence-electron chi connectivity index (χ3n) is 7.99. The van der Waals surface area contributed by atoms with Gasteiger partial charge in [0.2, 0.25) is 17.7 Å². The van der Waals surface area contributed by atoms with Gasteiger partial charge >= 0.3 is 29.0 Å². The number of nitrogens with zero attached hydrogens (tertiary/aromatic N) is 6. The molecule has 0 radical (unpaired) electrons. The van der Waals surface area contributed by atoms with Crippen LogP contribution in [0.15, 0.2) is 22.2 Å². The first kappa shape index (κ1) is 39.2. The molecule has 0 aromatic carbocycles. The standard InChI is InChI=1S/C22H32N11O17P3/c1-31-6-33(16-10(31)18(38)29-22(24)27-16)20-14(45-2)12(35)8(49-20)4-47-53(43,44)50-52(41,42)30-51(39,40)46-3-7-11(34)13(36)19(48-7)32-5-25-9-15(32)26-21(23)28-17(9)37/h5-8,11-14,19-20,34-36H,3-4H2,1-2H3,(H9-,23,24,26,27,28,29,30,37,38,39,40,41,42,43,44)/p+1/t7-,8-,11-,12-,13-,14-,19-,20-/m1/s1. The lowest BCUT2D eigenvalue weighted by molar-refractivity contribution is -0.746. The molecule has 6 heterocycles. The van der Waals surface area contributed by atoms with Crippen molar-refractivity contribution in [3.8, 4) is 0 Å². The van der Waals surface area contributed by atoms with Gasteiger partial charge in [0.15, 0.2) is 23.7 Å². The van der Waals surface area contributed by atoms with Crippen LogP contribution in [0.2, 0.25) is 0 Å². The monoisotopic (exact) mass is 816 g/mol. The predicted octanol–water partition coefficient (Wildman–Crippen LogP) is -4.32. The zero-order chi connectivity index (χ0) is 38.8. The van der Waals surface area contributed by atoms with Gasteiger partial charge in [0, 0.05) is 7.11 Å². The Hall–Kier alpha value is -3.53. The smallest absolute Gasteiger partial charge is 0.387 e. The SMILES string of the molecule is CO[C@@H]1[C@H](O)[C@@H](COP(=O)(O)OP(=O)(O)NP(=O)(O)OC[C@H]2O[C@@H](n3cnc4c(=O)[nH]c(N)nc43)[C@H](O)[C@@H]2O)O[C@H]1[n+]1cn(C)c2c(=O)[nH]c(N)nc21. The number of H-pyrrole nitrogens is 2. The number of rotatable bonds is 13. The number of imidazole rings is 2. The summed E-state index contributed by atoms with van der Waals surface area (Å²) in [6.07, 6.45) is -9.52. The van der Waals surface area contributed by atoms with E-state index in [9.17, 15) is 53.3 Å². The summed E-state index contributed by atoms with van der Waals surface area (Å²) < 4.78 is 71.9. The molecule has 0 saturated carbocycles. The molecule has 0 aliphatic carbocycles. The van der Waals surface area contributed by atoms with Crippen LogP contribution in [-0.4, -0.2) is 121 Å². The number of hydrogen-bond acceptors (Lipinski definition) is 19. The molecule has 53 heavy (non-hydrogen) atoms. The summed E-state index contributed by atoms with van der Waals surface area (Å²) in [5.41, 5.74) is 9.73. The lowest BCUT2D eigenvalue weighted by Crippen LogP contribution is -2.47. The number of nitrogens with one attached hydrogen (secondary N) is 3. The summed E-state index contributed by atoms with van der Waals surface area (Å²) in [4.78, 5) is 72.5. The number of ether oxygens (including phenoxy) is 3. The van der Waals surface area contributed by atoms with E-state index < -0.39 is 96.7 Å². The molecule has 28 nitrogen and oxygen atoms in total. The molecular formula is C22H33N11O17P3+. The fourth-order valence-corrected chi connectivity index (χ4v) is 9.70. The van der Waals surface area contributed by atoms with E-state index in [1.165, 1.54) is 29.6 Å². The van der Waals surface area contributed by atoms with Gasteiger partial charge in [-0.1, -0.05) is 4.98 Å². The second-order valence-electron chi connectivity index (χ2n) is 11.6. The Morgan fingerprint density at radius 1 is 0.943 bits per heavy atom. The van der Waals surface area contributed by atoms with Crippen LogP contribution in [0.4, 0.5) is 11.9 Å². The largest absolute Gasteiger partial charge is 0.480 e. The van der Waals surface area contributed by atoms with Crippen LogP contribution >= 0.6 is 23.3 Å². The molecule has 31 heteroatoms. The number of fused-ring (bicyclic) bond motifs is 2. The average molecular weight is 816 g/mol. The van der Waals surface area contributed by atoms with Gasteiger partial charge in [-0.3, -0.25) is 37.7 Å². The summed E-state index contributed by atoms with van der Waals surface area (Å²) in [5.74, 6) is -0.524. The van der Waals surface area contributed by atoms with Crippen LogP contribution < -0.4 is 32.0 Å².